The molecule has 6 heteroatoms. The van der Waals surface area contributed by atoms with Crippen molar-refractivity contribution in [2.75, 3.05) is 33.2 Å². The molecule has 0 saturated carbocycles. The molecule has 0 aromatic heterocycles. The largest absolute Gasteiger partial charge is 0.361 e. The van der Waals surface area contributed by atoms with Gasteiger partial charge in [-0.25, -0.2) is 0 Å². The van der Waals surface area contributed by atoms with Crippen LogP contribution in [0.25, 0.3) is 0 Å². The molecule has 2 N–H and O–H groups in total. The number of likely N-dealkylation sites (N-methyl/N-ethyl adjacent to an activating group) is 1. The average molecular weight is 213 g/mol. The summed E-state index contributed by atoms with van der Waals surface area (Å²) in [6.07, 6.45) is 0.438. The first-order valence-electron chi connectivity index (χ1n) is 5.18. The molecule has 0 radical (unpaired) electrons. The van der Waals surface area contributed by atoms with Crippen molar-refractivity contribution >= 4 is 19.7 Å². The Morgan fingerprint density at radius 2 is 2.00 bits per heavy atom. The van der Waals surface area contributed by atoms with Crippen molar-refractivity contribution in [2.24, 2.45) is 0 Å². The molecule has 0 aromatic rings. The summed E-state index contributed by atoms with van der Waals surface area (Å²) >= 11 is 0. The summed E-state index contributed by atoms with van der Waals surface area (Å²) in [5, 5.41) is 5.88. The van der Waals surface area contributed by atoms with E-state index in [1.807, 2.05) is 7.05 Å². The van der Waals surface area contributed by atoms with Gasteiger partial charge in [0.25, 0.3) is 0 Å². The van der Waals surface area contributed by atoms with Crippen molar-refractivity contribution in [1.29, 1.82) is 0 Å². The minimum absolute atomic E-state index is 0.0175. The predicted molar refractivity (Wildman–Crippen MR) is 62.4 cm³/mol. The van der Waals surface area contributed by atoms with Crippen molar-refractivity contribution in [3.05, 3.63) is 0 Å². The van der Waals surface area contributed by atoms with Gasteiger partial charge in [0.15, 0.2) is 7.98 Å². The first kappa shape index (κ1) is 14.1. The second-order valence-electron chi connectivity index (χ2n) is 3.47. The van der Waals surface area contributed by atoms with Gasteiger partial charge in [0.2, 0.25) is 5.91 Å². The van der Waals surface area contributed by atoms with Crippen molar-refractivity contribution in [3.8, 4) is 0 Å². The molecule has 15 heavy (non-hydrogen) atoms. The van der Waals surface area contributed by atoms with Crippen LogP contribution in [0.5, 0.6) is 0 Å². The van der Waals surface area contributed by atoms with Crippen molar-refractivity contribution in [2.45, 2.75) is 13.3 Å². The minimum atomic E-state index is 0.0175. The Balaban J connectivity index is 4.07. The van der Waals surface area contributed by atoms with E-state index in [0.29, 0.717) is 26.1 Å². The van der Waals surface area contributed by atoms with E-state index in [1.165, 1.54) is 6.92 Å². The van der Waals surface area contributed by atoms with E-state index < -0.39 is 0 Å². The highest BCUT2D eigenvalue weighted by Gasteiger charge is 2.13. The van der Waals surface area contributed by atoms with Crippen LogP contribution in [0.3, 0.4) is 0 Å². The fourth-order valence-electron chi connectivity index (χ4n) is 1.20. The van der Waals surface area contributed by atoms with Gasteiger partial charge in [-0.1, -0.05) is 0 Å². The topological polar surface area (TPSA) is 61.4 Å². The summed E-state index contributed by atoms with van der Waals surface area (Å²) in [7, 11) is 3.63. The van der Waals surface area contributed by atoms with Crippen molar-refractivity contribution < 1.29 is 9.59 Å². The maximum atomic E-state index is 11.6. The lowest BCUT2D eigenvalue weighted by Gasteiger charge is -2.21. The molecule has 0 saturated heterocycles. The Kier molecular flexibility index (Phi) is 7.94. The lowest BCUT2D eigenvalue weighted by atomic mass is 10.3. The number of hydrogen-bond donors (Lipinski definition) is 2. The van der Waals surface area contributed by atoms with Gasteiger partial charge in [-0.2, -0.15) is 0 Å². The molecule has 0 spiro atoms. The number of ketones is 1. The normalized spacial score (nSPS) is 10.0. The van der Waals surface area contributed by atoms with E-state index in [4.69, 9.17) is 0 Å². The summed E-state index contributed by atoms with van der Waals surface area (Å²) in [6.45, 7) is 3.64. The maximum absolute atomic E-state index is 11.6. The molecule has 5 nitrogen and oxygen atoms in total. The van der Waals surface area contributed by atoms with E-state index in [0.717, 1.165) is 0 Å². The molecule has 0 bridgehead atoms. The molecule has 86 valence electrons. The first-order chi connectivity index (χ1) is 7.11. The zero-order valence-electron chi connectivity index (χ0n) is 9.80. The lowest BCUT2D eigenvalue weighted by Crippen LogP contribution is -2.40. The second kappa shape index (κ2) is 8.43. The second-order valence-corrected chi connectivity index (χ2v) is 3.47. The number of rotatable bonds is 8. The van der Waals surface area contributed by atoms with Crippen molar-refractivity contribution in [3.63, 3.8) is 0 Å². The maximum Gasteiger partial charge on any atom is 0.224 e. The number of hydrogen-bond acceptors (Lipinski definition) is 4. The molecule has 0 aromatic carbocycles. The number of amides is 1. The molecule has 0 atom stereocenters. The van der Waals surface area contributed by atoms with Gasteiger partial charge in [0, 0.05) is 19.5 Å². The third-order valence-electron chi connectivity index (χ3n) is 1.99. The van der Waals surface area contributed by atoms with Crippen LogP contribution in [0.4, 0.5) is 0 Å². The molecule has 0 unspecified atom stereocenters. The van der Waals surface area contributed by atoms with Gasteiger partial charge in [-0.15, -0.1) is 0 Å². The quantitative estimate of drug-likeness (QED) is 0.465. The first-order valence-corrected chi connectivity index (χ1v) is 5.18. The van der Waals surface area contributed by atoms with Gasteiger partial charge < -0.3 is 15.4 Å². The molecule has 0 aliphatic rings. The number of Topliss-reactive ketones (excluding diaryl/α,β-unsaturated/α-hetero) is 1. The summed E-state index contributed by atoms with van der Waals surface area (Å²) in [5.74, 6) is 0.0405. The lowest BCUT2D eigenvalue weighted by molar-refractivity contribution is -0.134. The molecule has 0 aliphatic heterocycles. The molecule has 0 heterocycles. The van der Waals surface area contributed by atoms with Crippen LogP contribution in [0.1, 0.15) is 13.3 Å². The number of nitrogens with one attached hydrogen (secondary N) is 2. The molecular weight excluding hydrogens is 193 g/mol. The summed E-state index contributed by atoms with van der Waals surface area (Å²) in [6, 6.07) is 0. The Morgan fingerprint density at radius 3 is 2.47 bits per heavy atom. The molecule has 1 amide bonds. The number of carbonyl (C=O) groups excluding carboxylic acids is 2. The van der Waals surface area contributed by atoms with E-state index >= 15 is 0 Å². The predicted octanol–water partition coefficient (Wildman–Crippen LogP) is -1.85. The van der Waals surface area contributed by atoms with Gasteiger partial charge in [-0.05, 0) is 20.5 Å². The summed E-state index contributed by atoms with van der Waals surface area (Å²) in [5.41, 5.74) is 0. The van der Waals surface area contributed by atoms with Gasteiger partial charge >= 0.3 is 0 Å². The molecule has 0 rings (SSSR count). The van der Waals surface area contributed by atoms with Gasteiger partial charge in [0.05, 0.1) is 6.54 Å². The van der Waals surface area contributed by atoms with Gasteiger partial charge in [-0.3, -0.25) is 9.59 Å². The standard InChI is InChI=1S/C9H20BN3O2/c1-8(14)7-13(6-5-11-2)9(15)3-4-12-10/h11-12H,3-7,10H2,1-2H3. The Hall–Kier alpha value is -0.875. The zero-order chi connectivity index (χ0) is 11.7. The highest BCUT2D eigenvalue weighted by molar-refractivity contribution is 6.04. The van der Waals surface area contributed by atoms with Crippen LogP contribution >= 0.6 is 0 Å². The Morgan fingerprint density at radius 1 is 1.33 bits per heavy atom. The summed E-state index contributed by atoms with van der Waals surface area (Å²) in [4.78, 5) is 24.2. The van der Waals surface area contributed by atoms with E-state index in [-0.39, 0.29) is 18.2 Å². The monoisotopic (exact) mass is 213 g/mol. The smallest absolute Gasteiger partial charge is 0.224 e. The molecule has 0 fully saturated rings. The van der Waals surface area contributed by atoms with Crippen molar-refractivity contribution in [1.82, 2.24) is 15.4 Å². The fourth-order valence-corrected chi connectivity index (χ4v) is 1.20. The summed E-state index contributed by atoms with van der Waals surface area (Å²) < 4.78 is 0. The number of nitrogens with zero attached hydrogens (tertiary/aromatic N) is 1. The third-order valence-corrected chi connectivity index (χ3v) is 1.99. The number of carbonyl (C=O) groups is 2. The minimum Gasteiger partial charge on any atom is -0.361 e. The van der Waals surface area contributed by atoms with Crippen LogP contribution in [-0.2, 0) is 9.59 Å². The third kappa shape index (κ3) is 7.10. The zero-order valence-corrected chi connectivity index (χ0v) is 9.80. The molecular formula is C9H20BN3O2. The molecule has 0 aliphatic carbocycles. The Labute approximate surface area is 92.0 Å². The van der Waals surface area contributed by atoms with E-state index in [9.17, 15) is 9.59 Å². The van der Waals surface area contributed by atoms with E-state index in [2.05, 4.69) is 10.5 Å². The highest BCUT2D eigenvalue weighted by Crippen LogP contribution is 1.94. The van der Waals surface area contributed by atoms with Crippen LogP contribution in [0.2, 0.25) is 0 Å². The van der Waals surface area contributed by atoms with Crippen LogP contribution < -0.4 is 10.5 Å². The van der Waals surface area contributed by atoms with Crippen LogP contribution in [-0.4, -0.2) is 57.8 Å². The highest BCUT2D eigenvalue weighted by atomic mass is 16.2. The Bertz CT molecular complexity index is 212. The van der Waals surface area contributed by atoms with Gasteiger partial charge in [0.1, 0.15) is 5.78 Å². The van der Waals surface area contributed by atoms with E-state index in [1.54, 1.807) is 12.9 Å². The average Bonchev–Trinajstić information content (AvgIpc) is 2.20. The van der Waals surface area contributed by atoms with Crippen LogP contribution in [0.15, 0.2) is 0 Å². The van der Waals surface area contributed by atoms with Crippen LogP contribution in [0, 0.1) is 0 Å². The fraction of sp³-hybridized carbons (Fsp3) is 0.778. The SMILES string of the molecule is BNCCC(=O)N(CCNC)CC(C)=O.